The van der Waals surface area contributed by atoms with Crippen LogP contribution in [0.5, 0.6) is 11.5 Å². The first-order valence-corrected chi connectivity index (χ1v) is 7.04. The Morgan fingerprint density at radius 3 is 3.00 bits per heavy atom. The molecule has 2 rings (SSSR count). The lowest BCUT2D eigenvalue weighted by atomic mass is 10.1. The van der Waals surface area contributed by atoms with Gasteiger partial charge in [0.1, 0.15) is 15.4 Å². The number of benzene rings is 1. The smallest absolute Gasteiger partial charge is 0.324 e. The van der Waals surface area contributed by atoms with Gasteiger partial charge >= 0.3 is 11.9 Å². The summed E-state index contributed by atoms with van der Waals surface area (Å²) in [5.74, 6) is 0.396. The number of halogens is 1. The maximum Gasteiger partial charge on any atom is 0.324 e. The lowest BCUT2D eigenvalue weighted by molar-refractivity contribution is -0.135. The predicted molar refractivity (Wildman–Crippen MR) is 74.1 cm³/mol. The fraction of sp³-hybridized carbons (Fsp3) is 0.385. The van der Waals surface area contributed by atoms with Crippen LogP contribution in [0.3, 0.4) is 0 Å². The van der Waals surface area contributed by atoms with E-state index in [9.17, 15) is 9.59 Å². The number of rotatable bonds is 3. The molecule has 18 heavy (non-hydrogen) atoms. The normalized spacial score (nSPS) is 15.6. The standard InChI is InChI=1S/C13H13IO4/c1-2-10(14)13(16)17-9-5-3-8-4-6-12(15)18-11(8)7-9/h3,5,7,10H,2,4,6H2,1H3. The van der Waals surface area contributed by atoms with Gasteiger partial charge in [-0.2, -0.15) is 0 Å². The zero-order valence-electron chi connectivity index (χ0n) is 9.94. The van der Waals surface area contributed by atoms with Crippen LogP contribution < -0.4 is 9.47 Å². The number of ether oxygens (including phenoxy) is 2. The minimum Gasteiger partial charge on any atom is -0.426 e. The van der Waals surface area contributed by atoms with E-state index in [2.05, 4.69) is 0 Å². The molecule has 1 heterocycles. The van der Waals surface area contributed by atoms with Crippen molar-refractivity contribution in [3.8, 4) is 11.5 Å². The molecular formula is C13H13IO4. The van der Waals surface area contributed by atoms with Crippen molar-refractivity contribution in [3.05, 3.63) is 23.8 Å². The van der Waals surface area contributed by atoms with E-state index in [0.717, 1.165) is 12.0 Å². The van der Waals surface area contributed by atoms with Crippen LogP contribution >= 0.6 is 22.6 Å². The van der Waals surface area contributed by atoms with Gasteiger partial charge in [-0.05, 0) is 24.5 Å². The molecule has 0 radical (unpaired) electrons. The predicted octanol–water partition coefficient (Wildman–Crippen LogP) is 2.66. The molecule has 0 aromatic heterocycles. The Hall–Kier alpha value is -1.11. The molecule has 0 bridgehead atoms. The van der Waals surface area contributed by atoms with Crippen molar-refractivity contribution in [2.75, 3.05) is 0 Å². The van der Waals surface area contributed by atoms with Crippen LogP contribution in [0.2, 0.25) is 0 Å². The highest BCUT2D eigenvalue weighted by molar-refractivity contribution is 14.1. The summed E-state index contributed by atoms with van der Waals surface area (Å²) in [4.78, 5) is 22.8. The van der Waals surface area contributed by atoms with E-state index in [1.165, 1.54) is 0 Å². The molecule has 0 saturated heterocycles. The summed E-state index contributed by atoms with van der Waals surface area (Å²) in [6.07, 6.45) is 1.80. The van der Waals surface area contributed by atoms with Crippen molar-refractivity contribution in [1.82, 2.24) is 0 Å². The van der Waals surface area contributed by atoms with Crippen LogP contribution in [0.15, 0.2) is 18.2 Å². The Morgan fingerprint density at radius 1 is 1.50 bits per heavy atom. The molecular weight excluding hydrogens is 347 g/mol. The molecule has 0 N–H and O–H groups in total. The molecule has 0 fully saturated rings. The van der Waals surface area contributed by atoms with Crippen molar-refractivity contribution in [3.63, 3.8) is 0 Å². The van der Waals surface area contributed by atoms with Crippen molar-refractivity contribution in [1.29, 1.82) is 0 Å². The molecule has 1 unspecified atom stereocenters. The Kier molecular flexibility index (Phi) is 4.21. The van der Waals surface area contributed by atoms with E-state index >= 15 is 0 Å². The summed E-state index contributed by atoms with van der Waals surface area (Å²) in [5.41, 5.74) is 0.968. The van der Waals surface area contributed by atoms with Gasteiger partial charge in [-0.15, -0.1) is 0 Å². The minimum atomic E-state index is -0.278. The fourth-order valence-corrected chi connectivity index (χ4v) is 1.78. The third-order valence-electron chi connectivity index (χ3n) is 2.69. The van der Waals surface area contributed by atoms with Gasteiger partial charge in [0, 0.05) is 6.07 Å². The number of aryl methyl sites for hydroxylation is 1. The van der Waals surface area contributed by atoms with Gasteiger partial charge in [0.25, 0.3) is 0 Å². The van der Waals surface area contributed by atoms with E-state index in [1.54, 1.807) is 12.1 Å². The topological polar surface area (TPSA) is 52.6 Å². The van der Waals surface area contributed by atoms with Crippen LogP contribution in [0.1, 0.15) is 25.3 Å². The molecule has 0 spiro atoms. The Labute approximate surface area is 119 Å². The van der Waals surface area contributed by atoms with Gasteiger partial charge < -0.3 is 9.47 Å². The number of hydrogen-bond acceptors (Lipinski definition) is 4. The summed E-state index contributed by atoms with van der Waals surface area (Å²) >= 11 is 2.04. The number of alkyl halides is 1. The van der Waals surface area contributed by atoms with Crippen LogP contribution in [-0.2, 0) is 16.0 Å². The SMILES string of the molecule is CCC(I)C(=O)Oc1ccc2c(c1)OC(=O)CC2. The Bertz CT molecular complexity index is 484. The van der Waals surface area contributed by atoms with Gasteiger partial charge in [0.05, 0.1) is 6.42 Å². The Morgan fingerprint density at radius 2 is 2.28 bits per heavy atom. The second-order valence-corrected chi connectivity index (χ2v) is 5.54. The number of hydrogen-bond donors (Lipinski definition) is 0. The molecule has 1 atom stereocenters. The second-order valence-electron chi connectivity index (χ2n) is 4.04. The number of carbonyl (C=O) groups is 2. The first-order valence-electron chi connectivity index (χ1n) is 5.79. The average Bonchev–Trinajstić information content (AvgIpc) is 2.37. The first kappa shape index (κ1) is 13.3. The van der Waals surface area contributed by atoms with Crippen molar-refractivity contribution in [2.24, 2.45) is 0 Å². The molecule has 1 aliphatic rings. The highest BCUT2D eigenvalue weighted by Gasteiger charge is 2.19. The van der Waals surface area contributed by atoms with Crippen LogP contribution in [-0.4, -0.2) is 15.9 Å². The third-order valence-corrected chi connectivity index (χ3v) is 4.08. The molecule has 0 amide bonds. The molecule has 96 valence electrons. The molecule has 1 aromatic rings. The molecule has 0 saturated carbocycles. The van der Waals surface area contributed by atoms with Crippen molar-refractivity contribution < 1.29 is 19.1 Å². The molecule has 0 aliphatic carbocycles. The number of esters is 2. The van der Waals surface area contributed by atoms with Crippen molar-refractivity contribution in [2.45, 2.75) is 30.1 Å². The number of carbonyl (C=O) groups excluding carboxylic acids is 2. The van der Waals surface area contributed by atoms with Gasteiger partial charge in [-0.3, -0.25) is 9.59 Å². The average molecular weight is 360 g/mol. The van der Waals surface area contributed by atoms with E-state index < -0.39 is 0 Å². The lowest BCUT2D eigenvalue weighted by Crippen LogP contribution is -2.20. The molecule has 1 aliphatic heterocycles. The first-order chi connectivity index (χ1) is 8.60. The monoisotopic (exact) mass is 360 g/mol. The summed E-state index contributed by atoms with van der Waals surface area (Å²) in [7, 11) is 0. The Balaban J connectivity index is 2.13. The van der Waals surface area contributed by atoms with Gasteiger partial charge in [0.15, 0.2) is 0 Å². The molecule has 4 nitrogen and oxygen atoms in total. The van der Waals surface area contributed by atoms with Crippen LogP contribution in [0, 0.1) is 0 Å². The maximum absolute atomic E-state index is 11.6. The third kappa shape index (κ3) is 3.01. The van der Waals surface area contributed by atoms with E-state index in [0.29, 0.717) is 24.3 Å². The maximum atomic E-state index is 11.6. The zero-order valence-corrected chi connectivity index (χ0v) is 12.1. The molecule has 5 heteroatoms. The van der Waals surface area contributed by atoms with E-state index in [4.69, 9.17) is 9.47 Å². The summed E-state index contributed by atoms with van der Waals surface area (Å²) in [6.45, 7) is 1.92. The number of fused-ring (bicyclic) bond motifs is 1. The fourth-order valence-electron chi connectivity index (χ4n) is 1.66. The summed E-state index contributed by atoms with van der Waals surface area (Å²) < 4.78 is 10.2. The highest BCUT2D eigenvalue weighted by Crippen LogP contribution is 2.29. The molecule has 1 aromatic carbocycles. The lowest BCUT2D eigenvalue weighted by Gasteiger charge is -2.16. The highest BCUT2D eigenvalue weighted by atomic mass is 127. The van der Waals surface area contributed by atoms with Gasteiger partial charge in [0.2, 0.25) is 0 Å². The van der Waals surface area contributed by atoms with E-state index in [1.807, 2.05) is 35.6 Å². The summed E-state index contributed by atoms with van der Waals surface area (Å²) in [5, 5.41) is 0. The van der Waals surface area contributed by atoms with Gasteiger partial charge in [-0.1, -0.05) is 35.6 Å². The van der Waals surface area contributed by atoms with Crippen molar-refractivity contribution >= 4 is 34.5 Å². The van der Waals surface area contributed by atoms with Gasteiger partial charge in [-0.25, -0.2) is 0 Å². The quantitative estimate of drug-likeness (QED) is 0.360. The zero-order chi connectivity index (χ0) is 13.1. The van der Waals surface area contributed by atoms with E-state index in [-0.39, 0.29) is 15.9 Å². The van der Waals surface area contributed by atoms with Crippen LogP contribution in [0.25, 0.3) is 0 Å². The summed E-state index contributed by atoms with van der Waals surface area (Å²) in [6, 6.07) is 5.16. The van der Waals surface area contributed by atoms with Crippen LogP contribution in [0.4, 0.5) is 0 Å². The second kappa shape index (κ2) is 5.69. The largest absolute Gasteiger partial charge is 0.426 e. The minimum absolute atomic E-state index is 0.166.